The molecule has 0 radical (unpaired) electrons. The van der Waals surface area contributed by atoms with Crippen LogP contribution in [-0.4, -0.2) is 23.0 Å². The number of carbonyl (C=O) groups is 2. The number of hydrogen-bond acceptors (Lipinski definition) is 4. The lowest BCUT2D eigenvalue weighted by Crippen LogP contribution is -2.36. The van der Waals surface area contributed by atoms with Gasteiger partial charge in [0.05, 0.1) is 12.1 Å². The van der Waals surface area contributed by atoms with Crippen LogP contribution in [-0.2, 0) is 11.2 Å². The molecule has 2 aromatic rings. The van der Waals surface area contributed by atoms with E-state index in [-0.39, 0.29) is 24.4 Å². The first-order valence-corrected chi connectivity index (χ1v) is 9.76. The molecular weight excluding hydrogens is 348 g/mol. The van der Waals surface area contributed by atoms with E-state index in [1.165, 1.54) is 29.7 Å². The van der Waals surface area contributed by atoms with E-state index in [0.717, 1.165) is 24.1 Å². The highest BCUT2D eigenvalue weighted by molar-refractivity contribution is 7.13. The number of urea groups is 1. The van der Waals surface area contributed by atoms with Crippen LogP contribution in [0.5, 0.6) is 0 Å². The van der Waals surface area contributed by atoms with Gasteiger partial charge in [0.15, 0.2) is 5.13 Å². The Morgan fingerprint density at radius 2 is 1.92 bits per heavy atom. The van der Waals surface area contributed by atoms with Crippen molar-refractivity contribution in [2.24, 2.45) is 0 Å². The first kappa shape index (κ1) is 18.4. The van der Waals surface area contributed by atoms with E-state index >= 15 is 0 Å². The fourth-order valence-electron chi connectivity index (χ4n) is 3.02. The lowest BCUT2D eigenvalue weighted by atomic mass is 10.1. The second kappa shape index (κ2) is 8.31. The molecule has 0 unspecified atom stereocenters. The zero-order valence-electron chi connectivity index (χ0n) is 15.1. The molecule has 0 atom stereocenters. The number of benzene rings is 1. The fourth-order valence-corrected chi connectivity index (χ4v) is 3.73. The third-order valence-electron chi connectivity index (χ3n) is 4.59. The summed E-state index contributed by atoms with van der Waals surface area (Å²) >= 11 is 1.33. The van der Waals surface area contributed by atoms with Gasteiger partial charge in [-0.3, -0.25) is 10.1 Å². The van der Waals surface area contributed by atoms with Crippen LogP contribution >= 0.6 is 11.3 Å². The van der Waals surface area contributed by atoms with Gasteiger partial charge in [-0.1, -0.05) is 18.9 Å². The number of hydrogen-bond donors (Lipinski definition) is 3. The average molecular weight is 372 g/mol. The van der Waals surface area contributed by atoms with E-state index < -0.39 is 0 Å². The predicted molar refractivity (Wildman–Crippen MR) is 105 cm³/mol. The molecule has 1 aromatic carbocycles. The molecule has 0 spiro atoms. The Morgan fingerprint density at radius 1 is 1.15 bits per heavy atom. The van der Waals surface area contributed by atoms with Gasteiger partial charge >= 0.3 is 6.03 Å². The smallest absolute Gasteiger partial charge is 0.321 e. The number of aromatic nitrogens is 1. The van der Waals surface area contributed by atoms with Crippen LogP contribution < -0.4 is 16.0 Å². The maximum Gasteiger partial charge on any atom is 0.321 e. The lowest BCUT2D eigenvalue weighted by Gasteiger charge is -2.11. The molecule has 3 N–H and O–H groups in total. The molecule has 0 saturated heterocycles. The topological polar surface area (TPSA) is 83.1 Å². The summed E-state index contributed by atoms with van der Waals surface area (Å²) < 4.78 is 0. The van der Waals surface area contributed by atoms with Gasteiger partial charge in [0.1, 0.15) is 0 Å². The van der Waals surface area contributed by atoms with Crippen molar-refractivity contribution in [1.29, 1.82) is 0 Å². The van der Waals surface area contributed by atoms with Crippen LogP contribution in [0.2, 0.25) is 0 Å². The highest BCUT2D eigenvalue weighted by Gasteiger charge is 2.17. The Morgan fingerprint density at radius 3 is 2.65 bits per heavy atom. The van der Waals surface area contributed by atoms with Gasteiger partial charge in [0.25, 0.3) is 0 Å². The number of anilines is 2. The van der Waals surface area contributed by atoms with Crippen LogP contribution in [0.4, 0.5) is 15.6 Å². The molecule has 3 amide bonds. The SMILES string of the molecule is Cc1ccc(NC(=O)Cc2csc(NC(=O)NC3CCCC3)n2)cc1C. The molecule has 1 fully saturated rings. The monoisotopic (exact) mass is 372 g/mol. The van der Waals surface area contributed by atoms with E-state index in [2.05, 4.69) is 20.9 Å². The third-order valence-corrected chi connectivity index (χ3v) is 5.40. The van der Waals surface area contributed by atoms with Crippen LogP contribution in [0.25, 0.3) is 0 Å². The fraction of sp³-hybridized carbons (Fsp3) is 0.421. The molecule has 1 aliphatic carbocycles. The summed E-state index contributed by atoms with van der Waals surface area (Å²) in [5.41, 5.74) is 3.75. The normalized spacial score (nSPS) is 14.2. The Balaban J connectivity index is 1.50. The predicted octanol–water partition coefficient (Wildman–Crippen LogP) is 4.01. The van der Waals surface area contributed by atoms with Crippen molar-refractivity contribution in [3.05, 3.63) is 40.4 Å². The molecular formula is C19H24N4O2S. The molecule has 1 saturated carbocycles. The van der Waals surface area contributed by atoms with Crippen LogP contribution in [0.15, 0.2) is 23.6 Å². The number of amides is 3. The minimum atomic E-state index is -0.225. The average Bonchev–Trinajstić information content (AvgIpc) is 3.23. The summed E-state index contributed by atoms with van der Waals surface area (Å²) in [5, 5.41) is 10.9. The van der Waals surface area contributed by atoms with Gasteiger partial charge < -0.3 is 10.6 Å². The molecule has 1 heterocycles. The van der Waals surface area contributed by atoms with E-state index in [1.807, 2.05) is 32.0 Å². The molecule has 26 heavy (non-hydrogen) atoms. The van der Waals surface area contributed by atoms with E-state index in [1.54, 1.807) is 5.38 Å². The van der Waals surface area contributed by atoms with Crippen molar-refractivity contribution in [3.8, 4) is 0 Å². The third kappa shape index (κ3) is 5.05. The minimum absolute atomic E-state index is 0.125. The standard InChI is InChI=1S/C19H24N4O2S/c1-12-7-8-15(9-13(12)2)20-17(24)10-16-11-26-19(22-16)23-18(25)21-14-5-3-4-6-14/h7-9,11,14H,3-6,10H2,1-2H3,(H,20,24)(H2,21,22,23,25). The summed E-state index contributed by atoms with van der Waals surface area (Å²) in [6, 6.07) is 5.87. The number of nitrogens with one attached hydrogen (secondary N) is 3. The zero-order valence-corrected chi connectivity index (χ0v) is 15.9. The second-order valence-electron chi connectivity index (χ2n) is 6.75. The van der Waals surface area contributed by atoms with Gasteiger partial charge in [-0.2, -0.15) is 0 Å². The molecule has 7 heteroatoms. The number of nitrogens with zero attached hydrogens (tertiary/aromatic N) is 1. The summed E-state index contributed by atoms with van der Waals surface area (Å²) in [4.78, 5) is 28.5. The van der Waals surface area contributed by atoms with Crippen molar-refractivity contribution in [1.82, 2.24) is 10.3 Å². The van der Waals surface area contributed by atoms with Crippen molar-refractivity contribution < 1.29 is 9.59 Å². The van der Waals surface area contributed by atoms with Crippen LogP contribution in [0.3, 0.4) is 0 Å². The first-order valence-electron chi connectivity index (χ1n) is 8.88. The second-order valence-corrected chi connectivity index (χ2v) is 7.61. The van der Waals surface area contributed by atoms with E-state index in [4.69, 9.17) is 0 Å². The molecule has 0 bridgehead atoms. The summed E-state index contributed by atoms with van der Waals surface area (Å²) in [5.74, 6) is -0.125. The Labute approximate surface area is 157 Å². The van der Waals surface area contributed by atoms with Crippen LogP contribution in [0.1, 0.15) is 42.5 Å². The summed E-state index contributed by atoms with van der Waals surface area (Å²) in [6.45, 7) is 4.05. The number of carbonyl (C=O) groups excluding carboxylic acids is 2. The number of rotatable bonds is 5. The lowest BCUT2D eigenvalue weighted by molar-refractivity contribution is -0.115. The zero-order chi connectivity index (χ0) is 18.5. The van der Waals surface area contributed by atoms with Crippen molar-refractivity contribution in [2.75, 3.05) is 10.6 Å². The first-order chi connectivity index (χ1) is 12.5. The Hall–Kier alpha value is -2.41. The largest absolute Gasteiger partial charge is 0.335 e. The van der Waals surface area contributed by atoms with E-state index in [0.29, 0.717) is 10.8 Å². The van der Waals surface area contributed by atoms with Gasteiger partial charge in [0.2, 0.25) is 5.91 Å². The quantitative estimate of drug-likeness (QED) is 0.742. The maximum atomic E-state index is 12.2. The van der Waals surface area contributed by atoms with Gasteiger partial charge in [-0.15, -0.1) is 11.3 Å². The number of aryl methyl sites for hydroxylation is 2. The maximum absolute atomic E-state index is 12.2. The summed E-state index contributed by atoms with van der Waals surface area (Å²) in [7, 11) is 0. The van der Waals surface area contributed by atoms with Crippen molar-refractivity contribution >= 4 is 34.1 Å². The van der Waals surface area contributed by atoms with Crippen LogP contribution in [0, 0.1) is 13.8 Å². The minimum Gasteiger partial charge on any atom is -0.335 e. The molecule has 138 valence electrons. The number of thiazole rings is 1. The van der Waals surface area contributed by atoms with Gasteiger partial charge in [-0.25, -0.2) is 9.78 Å². The molecule has 1 aliphatic rings. The summed E-state index contributed by atoms with van der Waals surface area (Å²) in [6.07, 6.45) is 4.59. The Kier molecular flexibility index (Phi) is 5.88. The van der Waals surface area contributed by atoms with Crippen molar-refractivity contribution in [2.45, 2.75) is 52.0 Å². The van der Waals surface area contributed by atoms with Crippen molar-refractivity contribution in [3.63, 3.8) is 0 Å². The van der Waals surface area contributed by atoms with Gasteiger partial charge in [0, 0.05) is 17.1 Å². The Bertz CT molecular complexity index is 797. The highest BCUT2D eigenvalue weighted by atomic mass is 32.1. The molecule has 6 nitrogen and oxygen atoms in total. The van der Waals surface area contributed by atoms with E-state index in [9.17, 15) is 9.59 Å². The molecule has 3 rings (SSSR count). The van der Waals surface area contributed by atoms with Gasteiger partial charge in [-0.05, 0) is 49.9 Å². The molecule has 1 aromatic heterocycles. The highest BCUT2D eigenvalue weighted by Crippen LogP contribution is 2.19. The molecule has 0 aliphatic heterocycles.